The summed E-state index contributed by atoms with van der Waals surface area (Å²) in [5.74, 6) is -2.00. The van der Waals surface area contributed by atoms with Gasteiger partial charge >= 0.3 is 0 Å². The largest absolute Gasteiger partial charge is 0.379 e. The lowest BCUT2D eigenvalue weighted by molar-refractivity contribution is 0.0104. The third-order valence-corrected chi connectivity index (χ3v) is 5.44. The van der Waals surface area contributed by atoms with Crippen LogP contribution >= 0.6 is 0 Å². The third-order valence-electron chi connectivity index (χ3n) is 5.44. The number of aromatic nitrogens is 2. The molecule has 2 saturated heterocycles. The Bertz CT molecular complexity index is 922. The number of hydrogen-bond acceptors (Lipinski definition) is 8. The van der Waals surface area contributed by atoms with Gasteiger partial charge in [0.25, 0.3) is 5.92 Å². The van der Waals surface area contributed by atoms with Crippen molar-refractivity contribution >= 4 is 29.5 Å². The fourth-order valence-electron chi connectivity index (χ4n) is 3.75. The van der Waals surface area contributed by atoms with Crippen LogP contribution in [0.5, 0.6) is 0 Å². The zero-order chi connectivity index (χ0) is 21.3. The first-order valence-electron chi connectivity index (χ1n) is 9.85. The average Bonchev–Trinajstić information content (AvgIpc) is 2.67. The highest BCUT2D eigenvalue weighted by molar-refractivity contribution is 5.93. The molecule has 0 spiro atoms. The zero-order valence-corrected chi connectivity index (χ0v) is 16.7. The topological polar surface area (TPSA) is 103 Å². The van der Waals surface area contributed by atoms with Crippen LogP contribution in [0.2, 0.25) is 0 Å². The Morgan fingerprint density at radius 1 is 1.27 bits per heavy atom. The molecule has 0 radical (unpaired) electrons. The van der Waals surface area contributed by atoms with E-state index in [0.29, 0.717) is 28.9 Å². The van der Waals surface area contributed by atoms with Gasteiger partial charge in [0.2, 0.25) is 5.95 Å². The summed E-state index contributed by atoms with van der Waals surface area (Å²) in [6.45, 7) is 5.70. The summed E-state index contributed by atoms with van der Waals surface area (Å²) in [6, 6.07) is 6.35. The first kappa shape index (κ1) is 20.4. The smallest absolute Gasteiger partial charge is 0.270 e. The number of morpholine rings is 1. The number of nitrogens with two attached hydrogens (primary N) is 1. The van der Waals surface area contributed by atoms with Gasteiger partial charge in [-0.1, -0.05) is 12.1 Å². The van der Waals surface area contributed by atoms with Crippen LogP contribution in [0.4, 0.5) is 32.1 Å². The molecule has 2 aromatic rings. The molecule has 2 fully saturated rings. The molecule has 0 saturated carbocycles. The van der Waals surface area contributed by atoms with Crippen molar-refractivity contribution in [1.29, 1.82) is 5.41 Å². The predicted octanol–water partition coefficient (Wildman–Crippen LogP) is 2.43. The summed E-state index contributed by atoms with van der Waals surface area (Å²) >= 11 is 0. The molecule has 0 aliphatic carbocycles. The number of nitrogen functional groups attached to an aromatic ring is 1. The van der Waals surface area contributed by atoms with Crippen LogP contribution in [-0.4, -0.2) is 66.5 Å². The number of ether oxygens (including phenoxy) is 1. The number of hydrogen-bond donors (Lipinski definition) is 3. The Morgan fingerprint density at radius 3 is 2.67 bits per heavy atom. The number of nitrogens with zero attached hydrogens (tertiary/aromatic N) is 4. The van der Waals surface area contributed by atoms with Gasteiger partial charge in [-0.2, -0.15) is 9.97 Å². The molecule has 160 valence electrons. The van der Waals surface area contributed by atoms with E-state index >= 15 is 0 Å². The Morgan fingerprint density at radius 2 is 2.00 bits per heavy atom. The van der Waals surface area contributed by atoms with E-state index in [-0.39, 0.29) is 11.5 Å². The lowest BCUT2D eigenvalue weighted by Crippen LogP contribution is -2.62. The molecule has 0 amide bonds. The molecule has 0 bridgehead atoms. The molecule has 0 unspecified atom stereocenters. The normalized spacial score (nSPS) is 18.2. The first-order chi connectivity index (χ1) is 14.3. The number of alkyl halides is 2. The van der Waals surface area contributed by atoms with Crippen molar-refractivity contribution in [3.05, 3.63) is 35.4 Å². The van der Waals surface area contributed by atoms with Gasteiger partial charge in [0.1, 0.15) is 11.6 Å². The zero-order valence-electron chi connectivity index (χ0n) is 16.7. The van der Waals surface area contributed by atoms with Crippen molar-refractivity contribution in [1.82, 2.24) is 14.9 Å². The maximum absolute atomic E-state index is 13.7. The van der Waals surface area contributed by atoms with Crippen molar-refractivity contribution in [3.8, 4) is 0 Å². The molecular weight excluding hydrogens is 392 g/mol. The molecule has 1 aromatic carbocycles. The highest BCUT2D eigenvalue weighted by atomic mass is 19.3. The molecule has 1 aromatic heterocycles. The fraction of sp³-hybridized carbons (Fsp3) is 0.450. The summed E-state index contributed by atoms with van der Waals surface area (Å²) in [7, 11) is 0. The maximum atomic E-state index is 13.7. The minimum absolute atomic E-state index is 0.0601. The Kier molecular flexibility index (Phi) is 5.52. The molecule has 30 heavy (non-hydrogen) atoms. The number of anilines is 4. The highest BCUT2D eigenvalue weighted by Gasteiger charge is 2.35. The van der Waals surface area contributed by atoms with Gasteiger partial charge in [-0.25, -0.2) is 8.78 Å². The second kappa shape index (κ2) is 8.11. The van der Waals surface area contributed by atoms with Crippen LogP contribution in [-0.2, 0) is 10.7 Å². The van der Waals surface area contributed by atoms with Gasteiger partial charge in [-0.3, -0.25) is 4.90 Å². The summed E-state index contributed by atoms with van der Waals surface area (Å²) < 4.78 is 32.7. The van der Waals surface area contributed by atoms with E-state index in [1.54, 1.807) is 12.1 Å². The highest BCUT2D eigenvalue weighted by Crippen LogP contribution is 2.32. The number of rotatable bonds is 6. The molecule has 2 aliphatic rings. The van der Waals surface area contributed by atoms with Crippen molar-refractivity contribution in [2.24, 2.45) is 0 Å². The van der Waals surface area contributed by atoms with Crippen LogP contribution < -0.4 is 16.0 Å². The SMILES string of the molecule is CC(F)(F)c1cccc(Nc2nc(N)nc(N3CC(N4CCOCC4)C3)c2C=N)c1. The summed E-state index contributed by atoms with van der Waals surface area (Å²) in [5.41, 5.74) is 6.72. The molecule has 10 heteroatoms. The fourth-order valence-corrected chi connectivity index (χ4v) is 3.75. The first-order valence-corrected chi connectivity index (χ1v) is 9.85. The number of benzene rings is 1. The molecule has 0 atom stereocenters. The third kappa shape index (κ3) is 4.19. The van der Waals surface area contributed by atoms with E-state index in [2.05, 4.69) is 25.1 Å². The van der Waals surface area contributed by atoms with Gasteiger partial charge < -0.3 is 26.1 Å². The second-order valence-corrected chi connectivity index (χ2v) is 7.61. The minimum atomic E-state index is -2.95. The van der Waals surface area contributed by atoms with E-state index in [9.17, 15) is 8.78 Å². The van der Waals surface area contributed by atoms with Gasteiger partial charge in [0.15, 0.2) is 0 Å². The van der Waals surface area contributed by atoms with Gasteiger partial charge in [-0.05, 0) is 12.1 Å². The van der Waals surface area contributed by atoms with E-state index in [1.165, 1.54) is 12.1 Å². The van der Waals surface area contributed by atoms with Crippen LogP contribution in [0.3, 0.4) is 0 Å². The van der Waals surface area contributed by atoms with Gasteiger partial charge in [-0.15, -0.1) is 0 Å². The summed E-state index contributed by atoms with van der Waals surface area (Å²) in [4.78, 5) is 13.0. The van der Waals surface area contributed by atoms with Gasteiger partial charge in [0.05, 0.1) is 18.8 Å². The van der Waals surface area contributed by atoms with E-state index in [1.807, 2.05) is 0 Å². The van der Waals surface area contributed by atoms with Crippen LogP contribution in [0.1, 0.15) is 18.1 Å². The maximum Gasteiger partial charge on any atom is 0.270 e. The number of halogens is 2. The van der Waals surface area contributed by atoms with E-state index in [0.717, 1.165) is 52.5 Å². The van der Waals surface area contributed by atoms with Crippen LogP contribution in [0.25, 0.3) is 0 Å². The molecular formula is C20H25F2N7O. The van der Waals surface area contributed by atoms with Crippen molar-refractivity contribution in [2.45, 2.75) is 18.9 Å². The summed E-state index contributed by atoms with van der Waals surface area (Å²) in [5, 5.41) is 10.9. The molecule has 2 aliphatic heterocycles. The predicted molar refractivity (Wildman–Crippen MR) is 112 cm³/mol. The lowest BCUT2D eigenvalue weighted by Gasteiger charge is -2.47. The molecule has 8 nitrogen and oxygen atoms in total. The Hall–Kier alpha value is -2.85. The van der Waals surface area contributed by atoms with E-state index in [4.69, 9.17) is 15.9 Å². The van der Waals surface area contributed by atoms with Crippen molar-refractivity contribution in [3.63, 3.8) is 0 Å². The second-order valence-electron chi connectivity index (χ2n) is 7.61. The monoisotopic (exact) mass is 417 g/mol. The minimum Gasteiger partial charge on any atom is -0.379 e. The van der Waals surface area contributed by atoms with Crippen LogP contribution in [0.15, 0.2) is 24.3 Å². The standard InChI is InChI=1S/C20H25F2N7O/c1-20(21,22)13-3-2-4-14(9-13)25-17-16(10-23)18(27-19(24)26-17)29-11-15(12-29)28-5-7-30-8-6-28/h2-4,9-10,15,23H,5-8,11-12H2,1H3,(H3,24,25,26,27). The van der Waals surface area contributed by atoms with Gasteiger partial charge in [0, 0.05) is 56.6 Å². The molecule has 3 heterocycles. The van der Waals surface area contributed by atoms with Crippen molar-refractivity contribution in [2.75, 3.05) is 55.3 Å². The lowest BCUT2D eigenvalue weighted by atomic mass is 10.1. The molecule has 4 rings (SSSR count). The summed E-state index contributed by atoms with van der Waals surface area (Å²) in [6.07, 6.45) is 1.16. The average molecular weight is 417 g/mol. The van der Waals surface area contributed by atoms with Crippen LogP contribution in [0, 0.1) is 5.41 Å². The van der Waals surface area contributed by atoms with Crippen molar-refractivity contribution < 1.29 is 13.5 Å². The molecule has 4 N–H and O–H groups in total. The Labute approximate surface area is 173 Å². The van der Waals surface area contributed by atoms with E-state index < -0.39 is 5.92 Å². The Balaban J connectivity index is 1.55. The quantitative estimate of drug-likeness (QED) is 0.620. The number of nitrogens with one attached hydrogen (secondary N) is 2.